The van der Waals surface area contributed by atoms with Gasteiger partial charge in [-0.2, -0.15) is 0 Å². The Kier molecular flexibility index (Phi) is 4.14. The van der Waals surface area contributed by atoms with Gasteiger partial charge in [0.25, 0.3) is 5.91 Å². The maximum atomic E-state index is 12.5. The molecule has 0 unspecified atom stereocenters. The zero-order valence-corrected chi connectivity index (χ0v) is 13.2. The fourth-order valence-electron chi connectivity index (χ4n) is 2.73. The number of aromatic nitrogens is 3. The van der Waals surface area contributed by atoms with Gasteiger partial charge in [-0.05, 0) is 37.1 Å². The van der Waals surface area contributed by atoms with E-state index in [9.17, 15) is 13.2 Å². The van der Waals surface area contributed by atoms with Crippen LogP contribution in [0, 0.1) is 0 Å². The molecule has 1 aromatic carbocycles. The molecule has 23 heavy (non-hydrogen) atoms. The number of carbonyl (C=O) groups is 1. The van der Waals surface area contributed by atoms with Crippen LogP contribution in [-0.4, -0.2) is 47.1 Å². The number of amides is 1. The first-order valence-corrected chi connectivity index (χ1v) is 8.76. The molecule has 1 aliphatic rings. The topological polar surface area (TPSA) is 111 Å². The lowest BCUT2D eigenvalue weighted by atomic mass is 10.0. The third-order valence-electron chi connectivity index (χ3n) is 4.04. The summed E-state index contributed by atoms with van der Waals surface area (Å²) in [5.41, 5.74) is 0.458. The minimum absolute atomic E-state index is 0.000339. The molecule has 2 heterocycles. The molecule has 8 nitrogen and oxygen atoms in total. The summed E-state index contributed by atoms with van der Waals surface area (Å²) in [6, 6.07) is 6.00. The van der Waals surface area contributed by atoms with Gasteiger partial charge in [0.1, 0.15) is 12.7 Å². The third-order valence-corrected chi connectivity index (χ3v) is 4.97. The van der Waals surface area contributed by atoms with Gasteiger partial charge in [-0.25, -0.2) is 13.6 Å². The van der Waals surface area contributed by atoms with E-state index in [1.54, 1.807) is 17.6 Å². The Morgan fingerprint density at radius 3 is 2.17 bits per heavy atom. The second kappa shape index (κ2) is 6.09. The summed E-state index contributed by atoms with van der Waals surface area (Å²) in [6.45, 7) is 1.28. The number of rotatable bonds is 3. The molecule has 9 heteroatoms. The van der Waals surface area contributed by atoms with Crippen molar-refractivity contribution in [3.05, 3.63) is 42.5 Å². The van der Waals surface area contributed by atoms with Crippen LogP contribution in [-0.2, 0) is 10.0 Å². The van der Waals surface area contributed by atoms with Gasteiger partial charge in [-0.15, -0.1) is 10.2 Å². The van der Waals surface area contributed by atoms with Crippen molar-refractivity contribution in [2.45, 2.75) is 23.8 Å². The molecular weight excluding hydrogens is 318 g/mol. The van der Waals surface area contributed by atoms with E-state index in [1.807, 2.05) is 4.57 Å². The first-order chi connectivity index (χ1) is 10.9. The van der Waals surface area contributed by atoms with Crippen molar-refractivity contribution >= 4 is 15.9 Å². The molecule has 0 atom stereocenters. The lowest BCUT2D eigenvalue weighted by Crippen LogP contribution is -2.38. The zero-order chi connectivity index (χ0) is 16.4. The number of piperidine rings is 1. The van der Waals surface area contributed by atoms with Crippen molar-refractivity contribution in [3.8, 4) is 0 Å². The monoisotopic (exact) mass is 335 g/mol. The maximum absolute atomic E-state index is 12.5. The highest BCUT2D eigenvalue weighted by Crippen LogP contribution is 2.23. The molecule has 2 N–H and O–H groups in total. The first kappa shape index (κ1) is 15.6. The number of benzene rings is 1. The highest BCUT2D eigenvalue weighted by molar-refractivity contribution is 7.89. The molecule has 1 fully saturated rings. The second-order valence-electron chi connectivity index (χ2n) is 5.50. The van der Waals surface area contributed by atoms with Gasteiger partial charge in [0.2, 0.25) is 10.0 Å². The Hall–Kier alpha value is -2.26. The summed E-state index contributed by atoms with van der Waals surface area (Å²) >= 11 is 0. The Morgan fingerprint density at radius 2 is 1.65 bits per heavy atom. The summed E-state index contributed by atoms with van der Waals surface area (Å²) in [4.78, 5) is 14.2. The van der Waals surface area contributed by atoms with Crippen LogP contribution in [0.4, 0.5) is 0 Å². The number of hydrogen-bond donors (Lipinski definition) is 1. The molecular formula is C14H17N5O3S. The van der Waals surface area contributed by atoms with Gasteiger partial charge < -0.3 is 9.47 Å². The van der Waals surface area contributed by atoms with E-state index in [1.165, 1.54) is 24.3 Å². The Bertz CT molecular complexity index is 778. The molecule has 1 amide bonds. The van der Waals surface area contributed by atoms with Gasteiger partial charge in [0.05, 0.1) is 4.90 Å². The lowest BCUT2D eigenvalue weighted by molar-refractivity contribution is 0.0694. The van der Waals surface area contributed by atoms with Crippen LogP contribution in [0.15, 0.2) is 41.8 Å². The first-order valence-electron chi connectivity index (χ1n) is 7.21. The standard InChI is InChI=1S/C14H17N5O3S/c15-23(21,22)13-3-1-11(2-4-13)14(20)18-7-5-12(6-8-18)19-9-16-17-10-19/h1-4,9-10,12H,5-8H2,(H2,15,21,22). The van der Waals surface area contributed by atoms with Crippen LogP contribution < -0.4 is 5.14 Å². The van der Waals surface area contributed by atoms with E-state index >= 15 is 0 Å². The second-order valence-corrected chi connectivity index (χ2v) is 7.06. The highest BCUT2D eigenvalue weighted by atomic mass is 32.2. The molecule has 2 aromatic rings. The number of nitrogens with zero attached hydrogens (tertiary/aromatic N) is 4. The van der Waals surface area contributed by atoms with Gasteiger partial charge in [0, 0.05) is 24.7 Å². The van der Waals surface area contributed by atoms with Crippen LogP contribution in [0.2, 0.25) is 0 Å². The van der Waals surface area contributed by atoms with Crippen molar-refractivity contribution in [3.63, 3.8) is 0 Å². The van der Waals surface area contributed by atoms with Crippen LogP contribution in [0.5, 0.6) is 0 Å². The van der Waals surface area contributed by atoms with Crippen molar-refractivity contribution in [2.75, 3.05) is 13.1 Å². The molecule has 0 saturated carbocycles. The van der Waals surface area contributed by atoms with Crippen LogP contribution >= 0.6 is 0 Å². The maximum Gasteiger partial charge on any atom is 0.253 e. The molecule has 1 aliphatic heterocycles. The van der Waals surface area contributed by atoms with Gasteiger partial charge >= 0.3 is 0 Å². The van der Waals surface area contributed by atoms with E-state index in [4.69, 9.17) is 5.14 Å². The van der Waals surface area contributed by atoms with E-state index < -0.39 is 10.0 Å². The lowest BCUT2D eigenvalue weighted by Gasteiger charge is -2.32. The number of primary sulfonamides is 1. The van der Waals surface area contributed by atoms with Gasteiger partial charge in [-0.3, -0.25) is 4.79 Å². The van der Waals surface area contributed by atoms with E-state index in [2.05, 4.69) is 10.2 Å². The van der Waals surface area contributed by atoms with E-state index in [-0.39, 0.29) is 10.8 Å². The fraction of sp³-hybridized carbons (Fsp3) is 0.357. The zero-order valence-electron chi connectivity index (χ0n) is 12.4. The van der Waals surface area contributed by atoms with Gasteiger partial charge in [-0.1, -0.05) is 0 Å². The molecule has 122 valence electrons. The largest absolute Gasteiger partial charge is 0.338 e. The highest BCUT2D eigenvalue weighted by Gasteiger charge is 2.24. The van der Waals surface area contributed by atoms with Crippen molar-refractivity contribution in [1.29, 1.82) is 0 Å². The average Bonchev–Trinajstić information content (AvgIpc) is 3.08. The molecule has 1 saturated heterocycles. The number of likely N-dealkylation sites (tertiary alicyclic amines) is 1. The molecule has 0 aliphatic carbocycles. The van der Waals surface area contributed by atoms with Crippen molar-refractivity contribution in [2.24, 2.45) is 5.14 Å². The smallest absolute Gasteiger partial charge is 0.253 e. The normalized spacial score (nSPS) is 16.5. The summed E-state index contributed by atoms with van der Waals surface area (Å²) in [6.07, 6.45) is 5.04. The molecule has 1 aromatic heterocycles. The van der Waals surface area contributed by atoms with E-state index in [0.717, 1.165) is 12.8 Å². The number of carbonyl (C=O) groups excluding carboxylic acids is 1. The van der Waals surface area contributed by atoms with Crippen LogP contribution in [0.3, 0.4) is 0 Å². The van der Waals surface area contributed by atoms with Crippen LogP contribution in [0.1, 0.15) is 29.2 Å². The Morgan fingerprint density at radius 1 is 1.09 bits per heavy atom. The fourth-order valence-corrected chi connectivity index (χ4v) is 3.25. The summed E-state index contributed by atoms with van der Waals surface area (Å²) in [5.74, 6) is -0.104. The molecule has 0 radical (unpaired) electrons. The average molecular weight is 335 g/mol. The predicted molar refractivity (Wildman–Crippen MR) is 82.0 cm³/mol. The van der Waals surface area contributed by atoms with Crippen molar-refractivity contribution < 1.29 is 13.2 Å². The van der Waals surface area contributed by atoms with Crippen molar-refractivity contribution in [1.82, 2.24) is 19.7 Å². The van der Waals surface area contributed by atoms with Crippen LogP contribution in [0.25, 0.3) is 0 Å². The minimum Gasteiger partial charge on any atom is -0.338 e. The summed E-state index contributed by atoms with van der Waals surface area (Å²) in [5, 5.41) is 12.7. The summed E-state index contributed by atoms with van der Waals surface area (Å²) < 4.78 is 24.4. The molecule has 0 bridgehead atoms. The quantitative estimate of drug-likeness (QED) is 0.873. The molecule has 0 spiro atoms. The Balaban J connectivity index is 1.65. The molecule has 3 rings (SSSR count). The third kappa shape index (κ3) is 3.40. The predicted octanol–water partition coefficient (Wildman–Crippen LogP) is 0.403. The minimum atomic E-state index is -3.74. The van der Waals surface area contributed by atoms with E-state index in [0.29, 0.717) is 24.7 Å². The summed E-state index contributed by atoms with van der Waals surface area (Å²) in [7, 11) is -3.74. The SMILES string of the molecule is NS(=O)(=O)c1ccc(C(=O)N2CCC(n3cnnc3)CC2)cc1. The number of hydrogen-bond acceptors (Lipinski definition) is 5. The Labute approximate surface area is 134 Å². The number of nitrogens with two attached hydrogens (primary N) is 1. The number of sulfonamides is 1. The van der Waals surface area contributed by atoms with Gasteiger partial charge in [0.15, 0.2) is 0 Å².